The zero-order valence-corrected chi connectivity index (χ0v) is 11.2. The number of nitrogens with one attached hydrogen (secondary N) is 1. The van der Waals surface area contributed by atoms with E-state index in [9.17, 15) is 4.79 Å². The van der Waals surface area contributed by atoms with E-state index in [1.807, 2.05) is 13.8 Å². The minimum Gasteiger partial charge on any atom is -0.370 e. The molecule has 5 heteroatoms. The van der Waals surface area contributed by atoms with Crippen LogP contribution < -0.4 is 11.1 Å². The highest BCUT2D eigenvalue weighted by molar-refractivity contribution is 8.14. The first-order chi connectivity index (χ1) is 7.28. The molecule has 0 aromatic carbocycles. The number of thioether (sulfide) groups is 1. The van der Waals surface area contributed by atoms with Crippen LogP contribution in [-0.4, -0.2) is 27.9 Å². The van der Waals surface area contributed by atoms with E-state index in [1.54, 1.807) is 11.8 Å². The van der Waals surface area contributed by atoms with Gasteiger partial charge < -0.3 is 11.1 Å². The summed E-state index contributed by atoms with van der Waals surface area (Å²) in [5, 5.41) is 4.80. The zero-order valence-electron chi connectivity index (χ0n) is 10.4. The fourth-order valence-electron chi connectivity index (χ4n) is 1.83. The lowest BCUT2D eigenvalue weighted by Crippen LogP contribution is -2.46. The first-order valence-electron chi connectivity index (χ1n) is 5.59. The molecule has 1 aliphatic rings. The van der Waals surface area contributed by atoms with Gasteiger partial charge in [-0.3, -0.25) is 9.79 Å². The molecule has 92 valence electrons. The van der Waals surface area contributed by atoms with Gasteiger partial charge in [-0.15, -0.1) is 0 Å². The van der Waals surface area contributed by atoms with Crippen molar-refractivity contribution in [3.8, 4) is 0 Å². The van der Waals surface area contributed by atoms with E-state index >= 15 is 0 Å². The van der Waals surface area contributed by atoms with E-state index in [2.05, 4.69) is 24.2 Å². The van der Waals surface area contributed by atoms with E-state index in [1.165, 1.54) is 0 Å². The van der Waals surface area contributed by atoms with Crippen LogP contribution in [0.4, 0.5) is 0 Å². The SMILES string of the molecule is CC1CC(C)SC(NC(C)(C)CC(N)=O)=N1. The van der Waals surface area contributed by atoms with Crippen LogP contribution >= 0.6 is 11.8 Å². The first kappa shape index (κ1) is 13.4. The molecule has 2 atom stereocenters. The number of hydrogen-bond donors (Lipinski definition) is 2. The standard InChI is InChI=1S/C11H21N3OS/c1-7-5-8(2)16-10(13-7)14-11(3,4)6-9(12)15/h7-8H,5-6H2,1-4H3,(H2,12,15)(H,13,14). The van der Waals surface area contributed by atoms with Crippen molar-refractivity contribution in [3.63, 3.8) is 0 Å². The van der Waals surface area contributed by atoms with Gasteiger partial charge in [0.15, 0.2) is 5.17 Å². The number of rotatable bonds is 3. The van der Waals surface area contributed by atoms with Crippen LogP contribution in [0.5, 0.6) is 0 Å². The molecule has 0 bridgehead atoms. The Hall–Kier alpha value is -0.710. The van der Waals surface area contributed by atoms with Crippen molar-refractivity contribution in [1.82, 2.24) is 5.32 Å². The molecule has 0 aliphatic carbocycles. The molecule has 16 heavy (non-hydrogen) atoms. The minimum atomic E-state index is -0.325. The second-order valence-corrected chi connectivity index (χ2v) is 6.53. The molecule has 1 rings (SSSR count). The topological polar surface area (TPSA) is 67.5 Å². The Bertz CT molecular complexity index is 302. The molecule has 0 aromatic rings. The monoisotopic (exact) mass is 243 g/mol. The Balaban J connectivity index is 2.62. The van der Waals surface area contributed by atoms with Gasteiger partial charge in [-0.2, -0.15) is 0 Å². The maximum Gasteiger partial charge on any atom is 0.219 e. The van der Waals surface area contributed by atoms with E-state index < -0.39 is 0 Å². The number of aliphatic imine (C=N–C) groups is 1. The van der Waals surface area contributed by atoms with Gasteiger partial charge in [-0.1, -0.05) is 18.7 Å². The molecule has 0 spiro atoms. The van der Waals surface area contributed by atoms with Crippen molar-refractivity contribution in [3.05, 3.63) is 0 Å². The highest BCUT2D eigenvalue weighted by Crippen LogP contribution is 2.25. The van der Waals surface area contributed by atoms with E-state index in [-0.39, 0.29) is 11.4 Å². The first-order valence-corrected chi connectivity index (χ1v) is 6.47. The predicted molar refractivity (Wildman–Crippen MR) is 69.6 cm³/mol. The second kappa shape index (κ2) is 5.08. The molecule has 1 aliphatic heterocycles. The minimum absolute atomic E-state index is 0.292. The van der Waals surface area contributed by atoms with Gasteiger partial charge >= 0.3 is 0 Å². The number of carbonyl (C=O) groups excluding carboxylic acids is 1. The summed E-state index contributed by atoms with van der Waals surface area (Å²) in [6.07, 6.45) is 1.42. The molecule has 1 amide bonds. The Labute approximate surface area is 101 Å². The quantitative estimate of drug-likeness (QED) is 0.789. The van der Waals surface area contributed by atoms with Gasteiger partial charge in [0.1, 0.15) is 0 Å². The number of amides is 1. The van der Waals surface area contributed by atoms with Crippen molar-refractivity contribution in [2.24, 2.45) is 10.7 Å². The number of nitrogens with zero attached hydrogens (tertiary/aromatic N) is 1. The van der Waals surface area contributed by atoms with Crippen LogP contribution in [0.2, 0.25) is 0 Å². The maximum absolute atomic E-state index is 10.9. The number of carbonyl (C=O) groups is 1. The summed E-state index contributed by atoms with van der Waals surface area (Å²) in [7, 11) is 0. The third kappa shape index (κ3) is 4.43. The summed E-state index contributed by atoms with van der Waals surface area (Å²) in [4.78, 5) is 15.5. The fraction of sp³-hybridized carbons (Fsp3) is 0.818. The summed E-state index contributed by atoms with van der Waals surface area (Å²) < 4.78 is 0. The number of hydrogen-bond acceptors (Lipinski definition) is 4. The molecule has 4 nitrogen and oxygen atoms in total. The molecule has 3 N–H and O–H groups in total. The molecule has 0 saturated carbocycles. The molecule has 0 saturated heterocycles. The number of amidine groups is 1. The summed E-state index contributed by atoms with van der Waals surface area (Å²) in [5.41, 5.74) is 4.89. The average molecular weight is 243 g/mol. The molecule has 0 radical (unpaired) electrons. The van der Waals surface area contributed by atoms with E-state index in [0.29, 0.717) is 17.7 Å². The van der Waals surface area contributed by atoms with Gasteiger partial charge in [-0.25, -0.2) is 0 Å². The second-order valence-electron chi connectivity index (χ2n) is 5.10. The smallest absolute Gasteiger partial charge is 0.219 e. The normalized spacial score (nSPS) is 26.1. The van der Waals surface area contributed by atoms with Crippen LogP contribution in [0.15, 0.2) is 4.99 Å². The third-order valence-corrected chi connectivity index (χ3v) is 3.41. The largest absolute Gasteiger partial charge is 0.370 e. The molecular formula is C11H21N3OS. The van der Waals surface area contributed by atoms with Crippen molar-refractivity contribution < 1.29 is 4.79 Å². The summed E-state index contributed by atoms with van der Waals surface area (Å²) in [6, 6.07) is 0.350. The fourth-order valence-corrected chi connectivity index (χ4v) is 3.17. The van der Waals surface area contributed by atoms with Gasteiger partial charge in [0.05, 0.1) is 6.04 Å². The number of primary amides is 1. The lowest BCUT2D eigenvalue weighted by Gasteiger charge is -2.30. The highest BCUT2D eigenvalue weighted by atomic mass is 32.2. The maximum atomic E-state index is 10.9. The van der Waals surface area contributed by atoms with Crippen LogP contribution in [0.25, 0.3) is 0 Å². The summed E-state index contributed by atoms with van der Waals surface area (Å²) >= 11 is 1.73. The van der Waals surface area contributed by atoms with Crippen molar-refractivity contribution in [2.45, 2.75) is 57.4 Å². The van der Waals surface area contributed by atoms with Gasteiger partial charge in [0.2, 0.25) is 5.91 Å². The van der Waals surface area contributed by atoms with Crippen molar-refractivity contribution in [2.75, 3.05) is 0 Å². The molecule has 1 heterocycles. The van der Waals surface area contributed by atoms with Crippen LogP contribution in [-0.2, 0) is 4.79 Å². The van der Waals surface area contributed by atoms with Crippen molar-refractivity contribution >= 4 is 22.8 Å². The Morgan fingerprint density at radius 2 is 2.25 bits per heavy atom. The Kier molecular flexibility index (Phi) is 4.24. The van der Waals surface area contributed by atoms with E-state index in [4.69, 9.17) is 5.73 Å². The molecule has 0 aromatic heterocycles. The van der Waals surface area contributed by atoms with Crippen LogP contribution in [0.1, 0.15) is 40.5 Å². The van der Waals surface area contributed by atoms with Gasteiger partial charge in [0.25, 0.3) is 0 Å². The highest BCUT2D eigenvalue weighted by Gasteiger charge is 2.25. The zero-order chi connectivity index (χ0) is 12.3. The van der Waals surface area contributed by atoms with Crippen molar-refractivity contribution in [1.29, 1.82) is 0 Å². The average Bonchev–Trinajstić information content (AvgIpc) is 1.95. The lowest BCUT2D eigenvalue weighted by atomic mass is 10.0. The Morgan fingerprint density at radius 3 is 2.75 bits per heavy atom. The lowest BCUT2D eigenvalue weighted by molar-refractivity contribution is -0.119. The van der Waals surface area contributed by atoms with E-state index in [0.717, 1.165) is 11.6 Å². The molecule has 0 fully saturated rings. The van der Waals surface area contributed by atoms with Crippen LogP contribution in [0.3, 0.4) is 0 Å². The third-order valence-electron chi connectivity index (χ3n) is 2.38. The van der Waals surface area contributed by atoms with Crippen LogP contribution in [0, 0.1) is 0 Å². The van der Waals surface area contributed by atoms with Gasteiger partial charge in [0, 0.05) is 17.2 Å². The summed E-state index contributed by atoms with van der Waals surface area (Å²) in [6.45, 7) is 8.23. The molecular weight excluding hydrogens is 222 g/mol. The molecule has 2 unspecified atom stereocenters. The number of nitrogens with two attached hydrogens (primary N) is 1. The van der Waals surface area contributed by atoms with Gasteiger partial charge in [-0.05, 0) is 27.2 Å². The summed E-state index contributed by atoms with van der Waals surface area (Å²) in [5.74, 6) is -0.292. The Morgan fingerprint density at radius 1 is 1.62 bits per heavy atom. The predicted octanol–water partition coefficient (Wildman–Crippen LogP) is 1.50.